The summed E-state index contributed by atoms with van der Waals surface area (Å²) in [6.07, 6.45) is 0. The van der Waals surface area contributed by atoms with Crippen molar-refractivity contribution >= 4 is 0 Å². The van der Waals surface area contributed by atoms with Gasteiger partial charge in [0.1, 0.15) is 5.82 Å². The van der Waals surface area contributed by atoms with Gasteiger partial charge in [0.15, 0.2) is 23.3 Å². The minimum Gasteiger partial charge on any atom is -0.206 e. The maximum Gasteiger partial charge on any atom is 0.200 e. The second-order valence-electron chi connectivity index (χ2n) is 3.88. The number of hydrogen-bond donors (Lipinski definition) is 0. The number of rotatable bonds is 1. The van der Waals surface area contributed by atoms with E-state index >= 15 is 0 Å². The van der Waals surface area contributed by atoms with Crippen molar-refractivity contribution in [2.24, 2.45) is 0 Å². The third-order valence-electron chi connectivity index (χ3n) is 2.68. The molecule has 2 rings (SSSR count). The topological polar surface area (TPSA) is 0 Å². The first kappa shape index (κ1) is 13.5. The van der Waals surface area contributed by atoms with Crippen molar-refractivity contribution in [3.05, 3.63) is 58.7 Å². The molecule has 0 amide bonds. The Morgan fingerprint density at radius 1 is 0.632 bits per heavy atom. The van der Waals surface area contributed by atoms with Gasteiger partial charge in [-0.15, -0.1) is 0 Å². The van der Waals surface area contributed by atoms with Gasteiger partial charge in [-0.05, 0) is 18.6 Å². The first-order chi connectivity index (χ1) is 8.86. The second-order valence-corrected chi connectivity index (χ2v) is 3.88. The molecule has 19 heavy (non-hydrogen) atoms. The molecular weight excluding hydrogens is 270 g/mol. The lowest BCUT2D eigenvalue weighted by atomic mass is 9.98. The third kappa shape index (κ3) is 1.97. The molecule has 2 aromatic carbocycles. The maximum absolute atomic E-state index is 13.6. The Labute approximate surface area is 104 Å². The van der Waals surface area contributed by atoms with Crippen LogP contribution in [0.3, 0.4) is 0 Å². The van der Waals surface area contributed by atoms with Crippen molar-refractivity contribution in [2.45, 2.75) is 6.92 Å². The Hall–Kier alpha value is -1.98. The van der Waals surface area contributed by atoms with E-state index in [2.05, 4.69) is 0 Å². The van der Waals surface area contributed by atoms with E-state index in [1.165, 1.54) is 19.1 Å². The average Bonchev–Trinajstić information content (AvgIpc) is 2.37. The highest BCUT2D eigenvalue weighted by Crippen LogP contribution is 2.34. The van der Waals surface area contributed by atoms with Crippen molar-refractivity contribution in [2.75, 3.05) is 0 Å². The van der Waals surface area contributed by atoms with Crippen molar-refractivity contribution in [1.29, 1.82) is 0 Å². The summed E-state index contributed by atoms with van der Waals surface area (Å²) in [6.45, 7) is 1.30. The Morgan fingerprint density at radius 2 is 1.11 bits per heavy atom. The molecule has 0 saturated carbocycles. The molecule has 0 aromatic heterocycles. The standard InChI is InChI=1S/C13H6F6/c1-5-3-2-4-6(14)7(5)8-9(15)11(17)13(19)12(18)10(8)16/h2-4H,1H3. The number of halogens is 6. The number of aryl methyl sites for hydroxylation is 1. The molecule has 0 nitrogen and oxygen atoms in total. The molecule has 0 fully saturated rings. The maximum atomic E-state index is 13.6. The summed E-state index contributed by atoms with van der Waals surface area (Å²) in [4.78, 5) is 0. The van der Waals surface area contributed by atoms with E-state index in [4.69, 9.17) is 0 Å². The van der Waals surface area contributed by atoms with Gasteiger partial charge in [-0.1, -0.05) is 12.1 Å². The third-order valence-corrected chi connectivity index (χ3v) is 2.68. The van der Waals surface area contributed by atoms with Gasteiger partial charge in [0, 0.05) is 5.56 Å². The van der Waals surface area contributed by atoms with Crippen LogP contribution in [0.25, 0.3) is 11.1 Å². The van der Waals surface area contributed by atoms with Crippen LogP contribution in [-0.4, -0.2) is 0 Å². The second kappa shape index (κ2) is 4.60. The van der Waals surface area contributed by atoms with Gasteiger partial charge in [0.25, 0.3) is 0 Å². The summed E-state index contributed by atoms with van der Waals surface area (Å²) in [5.41, 5.74) is -1.84. The summed E-state index contributed by atoms with van der Waals surface area (Å²) in [5, 5.41) is 0. The summed E-state index contributed by atoms with van der Waals surface area (Å²) >= 11 is 0. The van der Waals surface area contributed by atoms with Crippen LogP contribution in [0.2, 0.25) is 0 Å². The Bertz CT molecular complexity index is 613. The minimum absolute atomic E-state index is 0.0585. The Kier molecular flexibility index (Phi) is 3.26. The van der Waals surface area contributed by atoms with Crippen LogP contribution in [-0.2, 0) is 0 Å². The fraction of sp³-hybridized carbons (Fsp3) is 0.0769. The van der Waals surface area contributed by atoms with Gasteiger partial charge in [-0.3, -0.25) is 0 Å². The van der Waals surface area contributed by atoms with Crippen LogP contribution in [0.5, 0.6) is 0 Å². The minimum atomic E-state index is -2.27. The molecule has 0 radical (unpaired) electrons. The molecule has 0 aliphatic rings. The van der Waals surface area contributed by atoms with Gasteiger partial charge in [-0.25, -0.2) is 26.3 Å². The van der Waals surface area contributed by atoms with Crippen LogP contribution in [0.15, 0.2) is 18.2 Å². The van der Waals surface area contributed by atoms with Crippen molar-refractivity contribution in [3.63, 3.8) is 0 Å². The smallest absolute Gasteiger partial charge is 0.200 e. The van der Waals surface area contributed by atoms with E-state index in [0.29, 0.717) is 0 Å². The van der Waals surface area contributed by atoms with E-state index in [0.717, 1.165) is 6.07 Å². The zero-order valence-electron chi connectivity index (χ0n) is 9.50. The highest BCUT2D eigenvalue weighted by atomic mass is 19.2. The normalized spacial score (nSPS) is 10.9. The molecule has 0 unspecified atom stereocenters. The van der Waals surface area contributed by atoms with Crippen LogP contribution in [0.4, 0.5) is 26.3 Å². The van der Waals surface area contributed by atoms with Gasteiger partial charge in [0.05, 0.1) is 5.56 Å². The van der Waals surface area contributed by atoms with Crippen LogP contribution in [0, 0.1) is 41.8 Å². The molecule has 0 atom stereocenters. The first-order valence-corrected chi connectivity index (χ1v) is 5.13. The number of benzene rings is 2. The fourth-order valence-electron chi connectivity index (χ4n) is 1.77. The first-order valence-electron chi connectivity index (χ1n) is 5.13. The van der Waals surface area contributed by atoms with E-state index in [1.807, 2.05) is 0 Å². The summed E-state index contributed by atoms with van der Waals surface area (Å²) < 4.78 is 79.7. The van der Waals surface area contributed by atoms with Crippen molar-refractivity contribution in [3.8, 4) is 11.1 Å². The van der Waals surface area contributed by atoms with E-state index < -0.39 is 46.0 Å². The fourth-order valence-corrected chi connectivity index (χ4v) is 1.77. The van der Waals surface area contributed by atoms with Gasteiger partial charge in [0.2, 0.25) is 5.82 Å². The van der Waals surface area contributed by atoms with Gasteiger partial charge < -0.3 is 0 Å². The van der Waals surface area contributed by atoms with Crippen molar-refractivity contribution in [1.82, 2.24) is 0 Å². The van der Waals surface area contributed by atoms with Gasteiger partial charge >= 0.3 is 0 Å². The monoisotopic (exact) mass is 276 g/mol. The number of hydrogen-bond acceptors (Lipinski definition) is 0. The predicted octanol–water partition coefficient (Wildman–Crippen LogP) is 4.50. The average molecular weight is 276 g/mol. The highest BCUT2D eigenvalue weighted by molar-refractivity contribution is 5.69. The lowest BCUT2D eigenvalue weighted by Gasteiger charge is -2.11. The molecule has 0 bridgehead atoms. The largest absolute Gasteiger partial charge is 0.206 e. The molecular formula is C13H6F6. The lowest BCUT2D eigenvalue weighted by molar-refractivity contribution is 0.381. The predicted molar refractivity (Wildman–Crippen MR) is 56.4 cm³/mol. The molecule has 0 heterocycles. The molecule has 0 N–H and O–H groups in total. The molecule has 2 aromatic rings. The van der Waals surface area contributed by atoms with Crippen LogP contribution >= 0.6 is 0 Å². The zero-order valence-corrected chi connectivity index (χ0v) is 9.50. The van der Waals surface area contributed by atoms with E-state index in [1.54, 1.807) is 0 Å². The van der Waals surface area contributed by atoms with Crippen LogP contribution in [0.1, 0.15) is 5.56 Å². The lowest BCUT2D eigenvalue weighted by Crippen LogP contribution is -2.05. The summed E-state index contributed by atoms with van der Waals surface area (Å²) in [6, 6.07) is 3.44. The SMILES string of the molecule is Cc1cccc(F)c1-c1c(F)c(F)c(F)c(F)c1F. The summed E-state index contributed by atoms with van der Waals surface area (Å²) in [5.74, 6) is -11.6. The molecule has 0 aliphatic heterocycles. The Balaban J connectivity index is 2.92. The molecule has 100 valence electrons. The summed E-state index contributed by atoms with van der Waals surface area (Å²) in [7, 11) is 0. The zero-order chi connectivity index (χ0) is 14.3. The van der Waals surface area contributed by atoms with Crippen LogP contribution < -0.4 is 0 Å². The van der Waals surface area contributed by atoms with E-state index in [-0.39, 0.29) is 5.56 Å². The molecule has 0 saturated heterocycles. The Morgan fingerprint density at radius 3 is 1.58 bits per heavy atom. The molecule has 0 aliphatic carbocycles. The highest BCUT2D eigenvalue weighted by Gasteiger charge is 2.28. The van der Waals surface area contributed by atoms with E-state index in [9.17, 15) is 26.3 Å². The molecule has 6 heteroatoms. The molecule has 0 spiro atoms. The quantitative estimate of drug-likeness (QED) is 0.409. The van der Waals surface area contributed by atoms with Crippen molar-refractivity contribution < 1.29 is 26.3 Å². The van der Waals surface area contributed by atoms with Gasteiger partial charge in [-0.2, -0.15) is 0 Å².